The summed E-state index contributed by atoms with van der Waals surface area (Å²) in [6, 6.07) is 15.4. The summed E-state index contributed by atoms with van der Waals surface area (Å²) in [7, 11) is 1.38. The minimum absolute atomic E-state index is 0.0804. The van der Waals surface area contributed by atoms with Gasteiger partial charge in [0.15, 0.2) is 0 Å². The molecule has 1 aliphatic rings. The number of carbonyl (C=O) groups is 1. The largest absolute Gasteiger partial charge is 0.492 e. The van der Waals surface area contributed by atoms with Gasteiger partial charge in [0.1, 0.15) is 17.4 Å². The van der Waals surface area contributed by atoms with Gasteiger partial charge in [0, 0.05) is 31.7 Å². The molecular weight excluding hydrogens is 410 g/mol. The lowest BCUT2D eigenvalue weighted by atomic mass is 10.0. The number of thiazole rings is 1. The van der Waals surface area contributed by atoms with Crippen molar-refractivity contribution in [1.29, 1.82) is 0 Å². The summed E-state index contributed by atoms with van der Waals surface area (Å²) < 4.78 is 12.0. The van der Waals surface area contributed by atoms with Gasteiger partial charge >= 0.3 is 5.97 Å². The highest BCUT2D eigenvalue weighted by molar-refractivity contribution is 7.18. The third-order valence-corrected chi connectivity index (χ3v) is 6.81. The molecule has 1 fully saturated rings. The summed E-state index contributed by atoms with van der Waals surface area (Å²) >= 11 is 1.79. The molecule has 164 valence electrons. The number of aromatic nitrogens is 1. The van der Waals surface area contributed by atoms with Crippen molar-refractivity contribution in [2.75, 3.05) is 39.9 Å². The van der Waals surface area contributed by atoms with Gasteiger partial charge in [0.05, 0.1) is 29.4 Å². The second kappa shape index (κ2) is 9.34. The van der Waals surface area contributed by atoms with E-state index < -0.39 is 0 Å². The summed E-state index contributed by atoms with van der Waals surface area (Å²) in [5, 5.41) is 1.19. The summed E-state index contributed by atoms with van der Waals surface area (Å²) in [4.78, 5) is 21.3. The van der Waals surface area contributed by atoms with Crippen molar-refractivity contribution in [3.63, 3.8) is 0 Å². The van der Waals surface area contributed by atoms with Gasteiger partial charge in [-0.05, 0) is 50.2 Å². The van der Waals surface area contributed by atoms with Crippen molar-refractivity contribution in [1.82, 2.24) is 14.8 Å². The van der Waals surface area contributed by atoms with Crippen molar-refractivity contribution >= 4 is 27.5 Å². The summed E-state index contributed by atoms with van der Waals surface area (Å²) in [5.74, 6) is 0.422. The molecule has 6 nitrogen and oxygen atoms in total. The molecule has 0 aliphatic carbocycles. The molecular formula is C24H29N3O3S. The van der Waals surface area contributed by atoms with E-state index in [9.17, 15) is 4.79 Å². The average Bonchev–Trinajstić information content (AvgIpc) is 3.20. The van der Waals surface area contributed by atoms with E-state index in [0.29, 0.717) is 12.2 Å². The normalized spacial score (nSPS) is 15.8. The molecule has 7 heteroatoms. The highest BCUT2D eigenvalue weighted by Crippen LogP contribution is 2.24. The molecule has 0 atom stereocenters. The van der Waals surface area contributed by atoms with Crippen LogP contribution in [0.4, 0.5) is 0 Å². The lowest BCUT2D eigenvalue weighted by Gasteiger charge is -2.43. The Kier molecular flexibility index (Phi) is 6.55. The molecule has 0 radical (unpaired) electrons. The quantitative estimate of drug-likeness (QED) is 0.518. The Balaban J connectivity index is 1.27. The number of fused-ring (bicyclic) bond motifs is 1. The van der Waals surface area contributed by atoms with Crippen LogP contribution >= 0.6 is 11.3 Å². The van der Waals surface area contributed by atoms with E-state index in [0.717, 1.165) is 44.0 Å². The van der Waals surface area contributed by atoms with Crippen LogP contribution in [0.15, 0.2) is 48.5 Å². The molecule has 0 saturated carbocycles. The van der Waals surface area contributed by atoms with Gasteiger partial charge in [-0.2, -0.15) is 0 Å². The van der Waals surface area contributed by atoms with Gasteiger partial charge in [0.2, 0.25) is 0 Å². The molecule has 3 aromatic rings. The molecule has 2 heterocycles. The number of nitrogens with zero attached hydrogens (tertiary/aromatic N) is 3. The number of ether oxygens (including phenoxy) is 2. The topological polar surface area (TPSA) is 54.9 Å². The zero-order valence-electron chi connectivity index (χ0n) is 18.3. The van der Waals surface area contributed by atoms with Crippen LogP contribution in [-0.4, -0.2) is 66.2 Å². The first kappa shape index (κ1) is 21.7. The van der Waals surface area contributed by atoms with Crippen LogP contribution in [0.25, 0.3) is 10.2 Å². The summed E-state index contributed by atoms with van der Waals surface area (Å²) in [6.07, 6.45) is 0. The Hall–Kier alpha value is -2.48. The van der Waals surface area contributed by atoms with E-state index in [2.05, 4.69) is 41.8 Å². The zero-order valence-corrected chi connectivity index (χ0v) is 19.2. The lowest BCUT2D eigenvalue weighted by molar-refractivity contribution is 0.0213. The molecule has 31 heavy (non-hydrogen) atoms. The Morgan fingerprint density at radius 3 is 2.45 bits per heavy atom. The van der Waals surface area contributed by atoms with Crippen LogP contribution in [0.1, 0.15) is 29.2 Å². The van der Waals surface area contributed by atoms with Gasteiger partial charge in [0.25, 0.3) is 0 Å². The van der Waals surface area contributed by atoms with E-state index in [1.165, 1.54) is 16.8 Å². The fraction of sp³-hybridized carbons (Fsp3) is 0.417. The van der Waals surface area contributed by atoms with Crippen LogP contribution in [0, 0.1) is 0 Å². The predicted octanol–water partition coefficient (Wildman–Crippen LogP) is 4.06. The maximum atomic E-state index is 11.6. The number of piperazine rings is 1. The van der Waals surface area contributed by atoms with Crippen molar-refractivity contribution in [2.45, 2.75) is 25.9 Å². The number of esters is 1. The highest BCUT2D eigenvalue weighted by Gasteiger charge is 2.31. The Morgan fingerprint density at radius 1 is 1.06 bits per heavy atom. The Labute approximate surface area is 187 Å². The van der Waals surface area contributed by atoms with Crippen molar-refractivity contribution in [3.05, 3.63) is 59.1 Å². The molecule has 0 N–H and O–H groups in total. The second-order valence-electron chi connectivity index (χ2n) is 8.46. The SMILES string of the molecule is COC(=O)c1ccc(OCC(C)(C)N2CCN(Cc3nc4ccccc4s3)CC2)cc1. The van der Waals surface area contributed by atoms with Gasteiger partial charge in [-0.15, -0.1) is 11.3 Å². The fourth-order valence-corrected chi connectivity index (χ4v) is 4.86. The third kappa shape index (κ3) is 5.23. The highest BCUT2D eigenvalue weighted by atomic mass is 32.1. The van der Waals surface area contributed by atoms with Gasteiger partial charge < -0.3 is 9.47 Å². The first-order valence-electron chi connectivity index (χ1n) is 10.6. The van der Waals surface area contributed by atoms with E-state index >= 15 is 0 Å². The molecule has 4 rings (SSSR count). The van der Waals surface area contributed by atoms with Crippen LogP contribution in [0.3, 0.4) is 0 Å². The van der Waals surface area contributed by atoms with Gasteiger partial charge in [-0.3, -0.25) is 9.80 Å². The molecule has 0 spiro atoms. The third-order valence-electron chi connectivity index (χ3n) is 5.79. The first-order valence-corrected chi connectivity index (χ1v) is 11.4. The summed E-state index contributed by atoms with van der Waals surface area (Å²) in [5.41, 5.74) is 1.54. The second-order valence-corrected chi connectivity index (χ2v) is 9.57. The molecule has 0 amide bonds. The maximum absolute atomic E-state index is 11.6. The van der Waals surface area contributed by atoms with Crippen molar-refractivity contribution < 1.29 is 14.3 Å². The number of para-hydroxylation sites is 1. The minimum Gasteiger partial charge on any atom is -0.492 e. The molecule has 0 unspecified atom stereocenters. The van der Waals surface area contributed by atoms with Crippen molar-refractivity contribution in [2.24, 2.45) is 0 Å². The predicted molar refractivity (Wildman–Crippen MR) is 124 cm³/mol. The standard InChI is InChI=1S/C24H29N3O3S/c1-24(2,17-30-19-10-8-18(9-11-19)23(28)29-3)27-14-12-26(13-15-27)16-22-25-20-6-4-5-7-21(20)31-22/h4-11H,12-17H2,1-3H3. The monoisotopic (exact) mass is 439 g/mol. The number of rotatable bonds is 7. The Morgan fingerprint density at radius 2 is 1.77 bits per heavy atom. The number of hydrogen-bond acceptors (Lipinski definition) is 7. The number of hydrogen-bond donors (Lipinski definition) is 0. The van der Waals surface area contributed by atoms with E-state index in [-0.39, 0.29) is 11.5 Å². The van der Waals surface area contributed by atoms with Crippen molar-refractivity contribution in [3.8, 4) is 5.75 Å². The first-order chi connectivity index (χ1) is 14.9. The number of methoxy groups -OCH3 is 1. The maximum Gasteiger partial charge on any atom is 0.337 e. The van der Waals surface area contributed by atoms with E-state index in [4.69, 9.17) is 14.5 Å². The molecule has 2 aromatic carbocycles. The fourth-order valence-electron chi connectivity index (χ4n) is 3.85. The number of carbonyl (C=O) groups excluding carboxylic acids is 1. The van der Waals surface area contributed by atoms with Crippen LogP contribution in [0.5, 0.6) is 5.75 Å². The molecule has 1 aromatic heterocycles. The van der Waals surface area contributed by atoms with Gasteiger partial charge in [-0.1, -0.05) is 12.1 Å². The molecule has 1 saturated heterocycles. The molecule has 1 aliphatic heterocycles. The minimum atomic E-state index is -0.337. The van der Waals surface area contributed by atoms with E-state index in [1.54, 1.807) is 23.5 Å². The van der Waals surface area contributed by atoms with Crippen LogP contribution in [0.2, 0.25) is 0 Å². The number of benzene rings is 2. The molecule has 0 bridgehead atoms. The van der Waals surface area contributed by atoms with Crippen LogP contribution in [-0.2, 0) is 11.3 Å². The average molecular weight is 440 g/mol. The van der Waals surface area contributed by atoms with Crippen LogP contribution < -0.4 is 4.74 Å². The smallest absolute Gasteiger partial charge is 0.337 e. The van der Waals surface area contributed by atoms with Gasteiger partial charge in [-0.25, -0.2) is 9.78 Å². The Bertz CT molecular complexity index is 991. The summed E-state index contributed by atoms with van der Waals surface area (Å²) in [6.45, 7) is 9.99. The van der Waals surface area contributed by atoms with E-state index in [1.807, 2.05) is 18.2 Å². The lowest BCUT2D eigenvalue weighted by Crippen LogP contribution is -2.56. The zero-order chi connectivity index (χ0) is 21.8.